The number of aromatic nitrogens is 4. The van der Waals surface area contributed by atoms with E-state index in [9.17, 15) is 0 Å². The fourth-order valence-corrected chi connectivity index (χ4v) is 3.32. The van der Waals surface area contributed by atoms with Gasteiger partial charge >= 0.3 is 0 Å². The molecule has 28 heavy (non-hydrogen) atoms. The highest BCUT2D eigenvalue weighted by Crippen LogP contribution is 2.24. The van der Waals surface area contributed by atoms with E-state index in [1.807, 2.05) is 53.1 Å². The number of fused-ring (bicyclic) bond motifs is 3. The fraction of sp³-hybridized carbons (Fsp3) is 0.0909. The zero-order valence-electron chi connectivity index (χ0n) is 15.2. The van der Waals surface area contributed by atoms with E-state index >= 15 is 0 Å². The Hall–Kier alpha value is -3.80. The van der Waals surface area contributed by atoms with Crippen LogP contribution in [0.4, 0.5) is 5.82 Å². The van der Waals surface area contributed by atoms with Gasteiger partial charge in [0.2, 0.25) is 0 Å². The first-order valence-corrected chi connectivity index (χ1v) is 9.17. The summed E-state index contributed by atoms with van der Waals surface area (Å²) >= 11 is 0. The Kier molecular flexibility index (Phi) is 4.14. The average molecular weight is 366 g/mol. The third kappa shape index (κ3) is 3.05. The van der Waals surface area contributed by atoms with Crippen molar-refractivity contribution in [2.75, 3.05) is 5.32 Å². The minimum atomic E-state index is 0.466. The molecule has 4 aromatic rings. The van der Waals surface area contributed by atoms with Crippen LogP contribution in [0.15, 0.2) is 84.1 Å². The Morgan fingerprint density at radius 3 is 2.50 bits per heavy atom. The monoisotopic (exact) mass is 366 g/mol. The molecule has 0 radical (unpaired) electrons. The van der Waals surface area contributed by atoms with Crippen LogP contribution in [0.3, 0.4) is 0 Å². The van der Waals surface area contributed by atoms with Gasteiger partial charge in [0.05, 0.1) is 11.4 Å². The second kappa shape index (κ2) is 7.08. The average Bonchev–Trinajstić information content (AvgIpc) is 3.17. The van der Waals surface area contributed by atoms with Gasteiger partial charge in [0.1, 0.15) is 24.4 Å². The summed E-state index contributed by atoms with van der Waals surface area (Å²) in [5.41, 5.74) is 4.87. The highest BCUT2D eigenvalue weighted by molar-refractivity contribution is 6.14. The maximum atomic E-state index is 4.91. The number of hydrogen-bond donors (Lipinski definition) is 1. The smallest absolute Gasteiger partial charge is 0.159 e. The topological polar surface area (TPSA) is 68.0 Å². The minimum absolute atomic E-state index is 0.466. The van der Waals surface area contributed by atoms with E-state index in [0.29, 0.717) is 13.1 Å². The van der Waals surface area contributed by atoms with Gasteiger partial charge in [0, 0.05) is 12.1 Å². The molecule has 3 heterocycles. The van der Waals surface area contributed by atoms with Crippen LogP contribution in [0.1, 0.15) is 22.6 Å². The summed E-state index contributed by atoms with van der Waals surface area (Å²) in [5.74, 6) is 1.61. The number of anilines is 1. The van der Waals surface area contributed by atoms with Gasteiger partial charge in [-0.3, -0.25) is 9.56 Å². The van der Waals surface area contributed by atoms with Crippen molar-refractivity contribution in [3.8, 4) is 5.69 Å². The van der Waals surface area contributed by atoms with E-state index < -0.39 is 0 Å². The van der Waals surface area contributed by atoms with Crippen molar-refractivity contribution in [1.29, 1.82) is 0 Å². The maximum absolute atomic E-state index is 4.91. The number of aliphatic imine (C=N–C) groups is 1. The molecule has 6 heteroatoms. The van der Waals surface area contributed by atoms with E-state index in [1.165, 1.54) is 5.56 Å². The van der Waals surface area contributed by atoms with Crippen LogP contribution >= 0.6 is 0 Å². The number of nitrogens with one attached hydrogen (secondary N) is 1. The third-order valence-corrected chi connectivity index (χ3v) is 4.72. The van der Waals surface area contributed by atoms with Crippen LogP contribution in [-0.2, 0) is 13.1 Å². The van der Waals surface area contributed by atoms with Crippen LogP contribution in [0.5, 0.6) is 0 Å². The zero-order chi connectivity index (χ0) is 18.8. The summed E-state index contributed by atoms with van der Waals surface area (Å²) in [4.78, 5) is 9.72. The first-order valence-electron chi connectivity index (χ1n) is 9.17. The standard InChI is InChI=1S/C22H18N6/c1-3-7-16(8-4-1)13-23-19-12-11-18-22(26-19)21(17-9-5-2-6-10-17)24-14-20-27-25-15-28(18)20/h1-12,15H,13-14H2,(H,23,26). The Balaban J connectivity index is 1.56. The predicted octanol–water partition coefficient (Wildman–Crippen LogP) is 3.63. The molecule has 136 valence electrons. The molecule has 0 unspecified atom stereocenters. The Bertz CT molecular complexity index is 1130. The van der Waals surface area contributed by atoms with Crippen LogP contribution in [0.2, 0.25) is 0 Å². The summed E-state index contributed by atoms with van der Waals surface area (Å²) in [6.07, 6.45) is 1.72. The molecule has 0 bridgehead atoms. The van der Waals surface area contributed by atoms with Gasteiger partial charge in [-0.25, -0.2) is 4.98 Å². The lowest BCUT2D eigenvalue weighted by Gasteiger charge is -2.13. The summed E-state index contributed by atoms with van der Waals surface area (Å²) in [6, 6.07) is 24.5. The first-order chi connectivity index (χ1) is 13.9. The number of nitrogens with zero attached hydrogens (tertiary/aromatic N) is 5. The number of hydrogen-bond acceptors (Lipinski definition) is 5. The van der Waals surface area contributed by atoms with Crippen molar-refractivity contribution in [2.45, 2.75) is 13.1 Å². The lowest BCUT2D eigenvalue weighted by Crippen LogP contribution is -2.12. The van der Waals surface area contributed by atoms with Gasteiger partial charge in [-0.2, -0.15) is 0 Å². The van der Waals surface area contributed by atoms with Crippen molar-refractivity contribution < 1.29 is 0 Å². The van der Waals surface area contributed by atoms with Crippen LogP contribution in [-0.4, -0.2) is 25.5 Å². The lowest BCUT2D eigenvalue weighted by atomic mass is 10.1. The molecule has 0 fully saturated rings. The molecule has 2 aromatic heterocycles. The summed E-state index contributed by atoms with van der Waals surface area (Å²) in [7, 11) is 0. The van der Waals surface area contributed by atoms with E-state index in [-0.39, 0.29) is 0 Å². The minimum Gasteiger partial charge on any atom is -0.366 e. The molecule has 0 saturated carbocycles. The van der Waals surface area contributed by atoms with E-state index in [1.54, 1.807) is 6.33 Å². The van der Waals surface area contributed by atoms with Crippen molar-refractivity contribution in [2.24, 2.45) is 4.99 Å². The Morgan fingerprint density at radius 1 is 0.893 bits per heavy atom. The van der Waals surface area contributed by atoms with Crippen molar-refractivity contribution >= 4 is 11.5 Å². The first kappa shape index (κ1) is 16.4. The van der Waals surface area contributed by atoms with E-state index in [0.717, 1.165) is 34.3 Å². The summed E-state index contributed by atoms with van der Waals surface area (Å²) in [6.45, 7) is 1.18. The molecule has 0 amide bonds. The molecule has 0 spiro atoms. The highest BCUT2D eigenvalue weighted by atomic mass is 15.3. The Labute approximate surface area is 162 Å². The zero-order valence-corrected chi connectivity index (χ0v) is 15.2. The van der Waals surface area contributed by atoms with Gasteiger partial charge < -0.3 is 5.32 Å². The SMILES string of the molecule is c1ccc(CNc2ccc3c(n2)C(c2ccccc2)=NCc2nncn2-3)cc1. The number of rotatable bonds is 4. The molecule has 5 rings (SSSR count). The second-order valence-corrected chi connectivity index (χ2v) is 6.55. The molecule has 0 saturated heterocycles. The molecular formula is C22H18N6. The molecule has 1 N–H and O–H groups in total. The van der Waals surface area contributed by atoms with Gasteiger partial charge in [-0.05, 0) is 17.7 Å². The fourth-order valence-electron chi connectivity index (χ4n) is 3.32. The molecule has 0 aliphatic carbocycles. The van der Waals surface area contributed by atoms with Crippen molar-refractivity contribution in [3.63, 3.8) is 0 Å². The molecular weight excluding hydrogens is 348 g/mol. The number of pyridine rings is 1. The normalized spacial score (nSPS) is 12.5. The lowest BCUT2D eigenvalue weighted by molar-refractivity contribution is 0.869. The summed E-state index contributed by atoms with van der Waals surface area (Å²) in [5, 5.41) is 11.7. The third-order valence-electron chi connectivity index (χ3n) is 4.72. The largest absolute Gasteiger partial charge is 0.366 e. The van der Waals surface area contributed by atoms with Gasteiger partial charge in [0.25, 0.3) is 0 Å². The van der Waals surface area contributed by atoms with E-state index in [2.05, 4.69) is 39.8 Å². The molecule has 2 aromatic carbocycles. The highest BCUT2D eigenvalue weighted by Gasteiger charge is 2.21. The van der Waals surface area contributed by atoms with Crippen LogP contribution in [0.25, 0.3) is 5.69 Å². The second-order valence-electron chi connectivity index (χ2n) is 6.55. The Morgan fingerprint density at radius 2 is 1.68 bits per heavy atom. The maximum Gasteiger partial charge on any atom is 0.159 e. The van der Waals surface area contributed by atoms with Crippen molar-refractivity contribution in [3.05, 3.63) is 102 Å². The van der Waals surface area contributed by atoms with E-state index in [4.69, 9.17) is 9.98 Å². The molecule has 1 aliphatic rings. The molecule has 6 nitrogen and oxygen atoms in total. The van der Waals surface area contributed by atoms with Crippen molar-refractivity contribution in [1.82, 2.24) is 19.7 Å². The van der Waals surface area contributed by atoms with Crippen LogP contribution < -0.4 is 5.32 Å². The van der Waals surface area contributed by atoms with Gasteiger partial charge in [-0.1, -0.05) is 60.7 Å². The van der Waals surface area contributed by atoms with Crippen LogP contribution in [0, 0.1) is 0 Å². The van der Waals surface area contributed by atoms with Gasteiger partial charge in [-0.15, -0.1) is 10.2 Å². The molecule has 0 atom stereocenters. The number of benzene rings is 2. The summed E-state index contributed by atoms with van der Waals surface area (Å²) < 4.78 is 1.96. The van der Waals surface area contributed by atoms with Gasteiger partial charge in [0.15, 0.2) is 5.82 Å². The molecule has 1 aliphatic heterocycles. The quantitative estimate of drug-likeness (QED) is 0.599. The predicted molar refractivity (Wildman–Crippen MR) is 109 cm³/mol.